The monoisotopic (exact) mass is 299 g/mol. The Labute approximate surface area is 121 Å². The Morgan fingerprint density at radius 2 is 2.05 bits per heavy atom. The Balaban J connectivity index is 3.20. The molecule has 0 aromatic heterocycles. The first-order valence-corrected chi connectivity index (χ1v) is 6.29. The summed E-state index contributed by atoms with van der Waals surface area (Å²) in [6, 6.07) is 3.37. The molecule has 0 saturated heterocycles. The summed E-state index contributed by atoms with van der Waals surface area (Å²) >= 11 is 5.83. The molecular formula is C14H15ClFNO3. The number of carbonyl (C=O) groups is 2. The van der Waals surface area contributed by atoms with Gasteiger partial charge in [0.1, 0.15) is 11.4 Å². The van der Waals surface area contributed by atoms with Crippen molar-refractivity contribution in [1.82, 2.24) is 4.90 Å². The summed E-state index contributed by atoms with van der Waals surface area (Å²) in [5.41, 5.74) is -0.112. The topological polar surface area (TPSA) is 46.6 Å². The van der Waals surface area contributed by atoms with Gasteiger partial charge >= 0.3 is 5.97 Å². The Morgan fingerprint density at radius 3 is 2.55 bits per heavy atom. The van der Waals surface area contributed by atoms with E-state index in [0.717, 1.165) is 12.1 Å². The third-order valence-corrected chi connectivity index (χ3v) is 2.62. The molecule has 0 bridgehead atoms. The highest BCUT2D eigenvalue weighted by Gasteiger charge is 2.23. The van der Waals surface area contributed by atoms with Crippen LogP contribution >= 0.6 is 11.6 Å². The zero-order valence-corrected chi connectivity index (χ0v) is 12.2. The van der Waals surface area contributed by atoms with E-state index >= 15 is 0 Å². The van der Waals surface area contributed by atoms with E-state index in [-0.39, 0.29) is 22.8 Å². The van der Waals surface area contributed by atoms with Gasteiger partial charge in [0, 0.05) is 25.9 Å². The second-order valence-corrected chi connectivity index (χ2v) is 4.59. The number of halogens is 2. The largest absolute Gasteiger partial charge is 0.462 e. The molecular weight excluding hydrogens is 285 g/mol. The molecule has 0 aliphatic carbocycles. The van der Waals surface area contributed by atoms with Crippen LogP contribution in [0.5, 0.6) is 0 Å². The molecule has 0 fully saturated rings. The molecule has 0 atom stereocenters. The SMILES string of the molecule is CCOC(=O)C(=CN(C)C)C(=O)c1ccc(F)cc1Cl. The van der Waals surface area contributed by atoms with Gasteiger partial charge in [0.15, 0.2) is 0 Å². The predicted molar refractivity (Wildman–Crippen MR) is 74.1 cm³/mol. The van der Waals surface area contributed by atoms with Crippen molar-refractivity contribution in [3.63, 3.8) is 0 Å². The van der Waals surface area contributed by atoms with Crippen molar-refractivity contribution in [2.24, 2.45) is 0 Å². The molecule has 0 aliphatic heterocycles. The van der Waals surface area contributed by atoms with Crippen LogP contribution < -0.4 is 0 Å². The number of benzene rings is 1. The van der Waals surface area contributed by atoms with Crippen molar-refractivity contribution >= 4 is 23.4 Å². The normalized spacial score (nSPS) is 11.2. The lowest BCUT2D eigenvalue weighted by atomic mass is 10.0. The average Bonchev–Trinajstić information content (AvgIpc) is 2.35. The molecule has 0 aliphatic rings. The summed E-state index contributed by atoms with van der Waals surface area (Å²) in [5, 5.41) is -0.0519. The Kier molecular flexibility index (Phi) is 5.70. The molecule has 4 nitrogen and oxygen atoms in total. The number of nitrogens with zero attached hydrogens (tertiary/aromatic N) is 1. The van der Waals surface area contributed by atoms with Gasteiger partial charge in [0.25, 0.3) is 0 Å². The van der Waals surface area contributed by atoms with E-state index in [2.05, 4.69) is 0 Å². The van der Waals surface area contributed by atoms with Gasteiger partial charge in [0.2, 0.25) is 5.78 Å². The minimum atomic E-state index is -0.744. The number of rotatable bonds is 5. The Morgan fingerprint density at radius 1 is 1.40 bits per heavy atom. The highest BCUT2D eigenvalue weighted by Crippen LogP contribution is 2.21. The number of ether oxygens (including phenoxy) is 1. The number of Topliss-reactive ketones (excluding diaryl/α,β-unsaturated/α-hetero) is 1. The highest BCUT2D eigenvalue weighted by molar-refractivity contribution is 6.36. The smallest absolute Gasteiger partial charge is 0.343 e. The summed E-state index contributed by atoms with van der Waals surface area (Å²) < 4.78 is 17.8. The summed E-state index contributed by atoms with van der Waals surface area (Å²) in [5.74, 6) is -1.91. The Hall–Kier alpha value is -1.88. The lowest BCUT2D eigenvalue weighted by Crippen LogP contribution is -2.19. The summed E-state index contributed by atoms with van der Waals surface area (Å²) in [4.78, 5) is 25.7. The number of carbonyl (C=O) groups excluding carboxylic acids is 2. The van der Waals surface area contributed by atoms with Crippen LogP contribution in [0.25, 0.3) is 0 Å². The third-order valence-electron chi connectivity index (χ3n) is 2.30. The number of hydrogen-bond acceptors (Lipinski definition) is 4. The predicted octanol–water partition coefficient (Wildman–Crippen LogP) is 2.67. The van der Waals surface area contributed by atoms with Crippen LogP contribution in [-0.2, 0) is 9.53 Å². The van der Waals surface area contributed by atoms with Crippen molar-refractivity contribution < 1.29 is 18.7 Å². The molecule has 1 aromatic rings. The fraction of sp³-hybridized carbons (Fsp3) is 0.286. The van der Waals surface area contributed by atoms with E-state index in [1.807, 2.05) is 0 Å². The quantitative estimate of drug-likeness (QED) is 0.276. The standard InChI is InChI=1S/C14H15ClFNO3/c1-4-20-14(19)11(8-17(2)3)13(18)10-6-5-9(16)7-12(10)15/h5-8H,4H2,1-3H3. The molecule has 0 amide bonds. The van der Waals surface area contributed by atoms with Crippen LogP contribution in [0.3, 0.4) is 0 Å². The highest BCUT2D eigenvalue weighted by atomic mass is 35.5. The average molecular weight is 300 g/mol. The summed E-state index contributed by atoms with van der Waals surface area (Å²) in [7, 11) is 3.33. The van der Waals surface area contributed by atoms with E-state index < -0.39 is 17.6 Å². The second kappa shape index (κ2) is 7.05. The summed E-state index contributed by atoms with van der Waals surface area (Å²) in [6.45, 7) is 1.79. The van der Waals surface area contributed by atoms with Gasteiger partial charge in [-0.05, 0) is 25.1 Å². The molecule has 1 rings (SSSR count). The van der Waals surface area contributed by atoms with E-state index in [9.17, 15) is 14.0 Å². The van der Waals surface area contributed by atoms with Gasteiger partial charge in [-0.15, -0.1) is 0 Å². The molecule has 6 heteroatoms. The maximum absolute atomic E-state index is 13.0. The molecule has 0 N–H and O–H groups in total. The van der Waals surface area contributed by atoms with E-state index in [1.54, 1.807) is 25.9 Å². The maximum atomic E-state index is 13.0. The van der Waals surface area contributed by atoms with Crippen molar-refractivity contribution in [2.45, 2.75) is 6.92 Å². The van der Waals surface area contributed by atoms with Crippen molar-refractivity contribution in [1.29, 1.82) is 0 Å². The zero-order valence-electron chi connectivity index (χ0n) is 11.4. The maximum Gasteiger partial charge on any atom is 0.343 e. The molecule has 108 valence electrons. The molecule has 1 aromatic carbocycles. The van der Waals surface area contributed by atoms with Gasteiger partial charge in [-0.3, -0.25) is 4.79 Å². The van der Waals surface area contributed by atoms with Crippen LogP contribution in [0.4, 0.5) is 4.39 Å². The lowest BCUT2D eigenvalue weighted by Gasteiger charge is -2.11. The van der Waals surface area contributed by atoms with Gasteiger partial charge in [-0.2, -0.15) is 0 Å². The number of hydrogen-bond donors (Lipinski definition) is 0. The van der Waals surface area contributed by atoms with Crippen LogP contribution in [0.2, 0.25) is 5.02 Å². The van der Waals surface area contributed by atoms with Gasteiger partial charge in [0.05, 0.1) is 11.6 Å². The van der Waals surface area contributed by atoms with Gasteiger partial charge in [-0.1, -0.05) is 11.6 Å². The molecule has 0 radical (unpaired) electrons. The van der Waals surface area contributed by atoms with Crippen LogP contribution in [0.15, 0.2) is 30.0 Å². The zero-order chi connectivity index (χ0) is 15.3. The van der Waals surface area contributed by atoms with Gasteiger partial charge in [-0.25, -0.2) is 9.18 Å². The van der Waals surface area contributed by atoms with Crippen molar-refractivity contribution in [3.8, 4) is 0 Å². The van der Waals surface area contributed by atoms with E-state index in [4.69, 9.17) is 16.3 Å². The second-order valence-electron chi connectivity index (χ2n) is 4.18. The van der Waals surface area contributed by atoms with Crippen molar-refractivity contribution in [3.05, 3.63) is 46.4 Å². The Bertz CT molecular complexity index is 555. The molecule has 20 heavy (non-hydrogen) atoms. The fourth-order valence-corrected chi connectivity index (χ4v) is 1.74. The number of esters is 1. The van der Waals surface area contributed by atoms with Crippen molar-refractivity contribution in [2.75, 3.05) is 20.7 Å². The minimum Gasteiger partial charge on any atom is -0.462 e. The van der Waals surface area contributed by atoms with Crippen LogP contribution in [-0.4, -0.2) is 37.4 Å². The molecule has 0 unspecified atom stereocenters. The van der Waals surface area contributed by atoms with E-state index in [1.165, 1.54) is 12.3 Å². The minimum absolute atomic E-state index is 0.0502. The summed E-state index contributed by atoms with van der Waals surface area (Å²) in [6.07, 6.45) is 1.35. The fourth-order valence-electron chi connectivity index (χ4n) is 1.49. The van der Waals surface area contributed by atoms with Crippen LogP contribution in [0, 0.1) is 5.82 Å². The van der Waals surface area contributed by atoms with E-state index in [0.29, 0.717) is 0 Å². The first kappa shape index (κ1) is 16.2. The first-order valence-electron chi connectivity index (χ1n) is 5.92. The van der Waals surface area contributed by atoms with Gasteiger partial charge < -0.3 is 9.64 Å². The third kappa shape index (κ3) is 4.06. The first-order chi connectivity index (χ1) is 9.36. The lowest BCUT2D eigenvalue weighted by molar-refractivity contribution is -0.138. The van der Waals surface area contributed by atoms with Crippen LogP contribution in [0.1, 0.15) is 17.3 Å². The molecule has 0 spiro atoms. The molecule has 0 saturated carbocycles. The molecule has 0 heterocycles. The number of ketones is 1.